The van der Waals surface area contributed by atoms with Crippen molar-refractivity contribution in [2.75, 3.05) is 11.9 Å². The number of benzene rings is 1. The van der Waals surface area contributed by atoms with Crippen LogP contribution in [0.1, 0.15) is 53.8 Å². The van der Waals surface area contributed by atoms with Gasteiger partial charge in [0.15, 0.2) is 0 Å². The third kappa shape index (κ3) is 3.68. The molecule has 1 aromatic heterocycles. The second-order valence-corrected chi connectivity index (χ2v) is 8.55. The molecule has 2 aliphatic carbocycles. The summed E-state index contributed by atoms with van der Waals surface area (Å²) < 4.78 is 0. The van der Waals surface area contributed by atoms with E-state index in [0.717, 1.165) is 30.7 Å². The maximum Gasteiger partial charge on any atom is 0.261 e. The molecule has 136 valence electrons. The Morgan fingerprint density at radius 3 is 2.46 bits per heavy atom. The Hall–Kier alpha value is -2.14. The summed E-state index contributed by atoms with van der Waals surface area (Å²) in [6, 6.07) is 14.2. The average molecular weight is 369 g/mol. The first kappa shape index (κ1) is 17.3. The molecule has 26 heavy (non-hydrogen) atoms. The summed E-state index contributed by atoms with van der Waals surface area (Å²) in [5.74, 6) is 0.194. The van der Waals surface area contributed by atoms with Gasteiger partial charge in [-0.2, -0.15) is 0 Å². The Morgan fingerprint density at radius 1 is 1.04 bits per heavy atom. The van der Waals surface area contributed by atoms with Gasteiger partial charge >= 0.3 is 0 Å². The van der Waals surface area contributed by atoms with Crippen LogP contribution in [-0.4, -0.2) is 18.4 Å². The van der Waals surface area contributed by atoms with Crippen molar-refractivity contribution in [2.45, 2.75) is 43.9 Å². The molecule has 2 N–H and O–H groups in total. The number of amides is 2. The number of nitrogens with one attached hydrogen (secondary N) is 2. The first-order chi connectivity index (χ1) is 12.7. The van der Waals surface area contributed by atoms with Gasteiger partial charge in [-0.15, -0.1) is 11.3 Å². The fourth-order valence-corrected chi connectivity index (χ4v) is 4.67. The average Bonchev–Trinajstić information content (AvgIpc) is 3.23. The molecule has 2 amide bonds. The SMILES string of the molecule is O=C(NCC1(c2ccccc2)CCCC1)c1ccc(NC(=O)C2CC2)s1. The van der Waals surface area contributed by atoms with Crippen molar-refractivity contribution < 1.29 is 9.59 Å². The Labute approximate surface area is 158 Å². The quantitative estimate of drug-likeness (QED) is 0.797. The minimum absolute atomic E-state index is 0.0517. The molecule has 5 heteroatoms. The Kier molecular flexibility index (Phi) is 4.81. The topological polar surface area (TPSA) is 58.2 Å². The largest absolute Gasteiger partial charge is 0.350 e. The van der Waals surface area contributed by atoms with Gasteiger partial charge < -0.3 is 10.6 Å². The second kappa shape index (κ2) is 7.23. The molecule has 0 aliphatic heterocycles. The lowest BCUT2D eigenvalue weighted by Gasteiger charge is -2.30. The first-order valence-corrected chi connectivity index (χ1v) is 10.2. The van der Waals surface area contributed by atoms with Crippen molar-refractivity contribution in [2.24, 2.45) is 5.92 Å². The minimum atomic E-state index is -0.0517. The van der Waals surface area contributed by atoms with E-state index in [4.69, 9.17) is 0 Å². The van der Waals surface area contributed by atoms with Gasteiger partial charge in [0.1, 0.15) is 0 Å². The second-order valence-electron chi connectivity index (χ2n) is 7.46. The number of carbonyl (C=O) groups excluding carboxylic acids is 2. The summed E-state index contributed by atoms with van der Waals surface area (Å²) in [5.41, 5.74) is 1.37. The van der Waals surface area contributed by atoms with Crippen molar-refractivity contribution in [3.8, 4) is 0 Å². The fraction of sp³-hybridized carbons (Fsp3) is 0.429. The van der Waals surface area contributed by atoms with Gasteiger partial charge in [-0.1, -0.05) is 43.2 Å². The number of thiophene rings is 1. The maximum absolute atomic E-state index is 12.6. The minimum Gasteiger partial charge on any atom is -0.350 e. The van der Waals surface area contributed by atoms with Gasteiger partial charge in [0, 0.05) is 17.9 Å². The van der Waals surface area contributed by atoms with Crippen molar-refractivity contribution in [3.05, 3.63) is 52.9 Å². The number of carbonyl (C=O) groups is 2. The van der Waals surface area contributed by atoms with Crippen LogP contribution in [-0.2, 0) is 10.2 Å². The molecule has 0 spiro atoms. The molecule has 2 fully saturated rings. The summed E-state index contributed by atoms with van der Waals surface area (Å²) >= 11 is 1.35. The molecular weight excluding hydrogens is 344 g/mol. The molecule has 1 heterocycles. The summed E-state index contributed by atoms with van der Waals surface area (Å²) in [7, 11) is 0. The molecule has 0 atom stereocenters. The summed E-state index contributed by atoms with van der Waals surface area (Å²) in [6.45, 7) is 0.664. The van der Waals surface area contributed by atoms with Crippen molar-refractivity contribution in [3.63, 3.8) is 0 Å². The van der Waals surface area contributed by atoms with Crippen LogP contribution in [0.5, 0.6) is 0 Å². The molecule has 0 radical (unpaired) electrons. The predicted molar refractivity (Wildman–Crippen MR) is 105 cm³/mol. The first-order valence-electron chi connectivity index (χ1n) is 9.41. The molecule has 0 bridgehead atoms. The third-order valence-corrected chi connectivity index (χ3v) is 6.56. The molecule has 1 aromatic carbocycles. The van der Waals surface area contributed by atoms with Gasteiger partial charge in [-0.05, 0) is 43.4 Å². The van der Waals surface area contributed by atoms with E-state index >= 15 is 0 Å². The van der Waals surface area contributed by atoms with Crippen LogP contribution in [0.15, 0.2) is 42.5 Å². The lowest BCUT2D eigenvalue weighted by Crippen LogP contribution is -2.38. The van der Waals surface area contributed by atoms with Crippen LogP contribution < -0.4 is 10.6 Å². The molecular formula is C21H24N2O2S. The standard InChI is InChI=1S/C21H24N2O2S/c24-19(15-8-9-15)23-18-11-10-17(26-18)20(25)22-14-21(12-4-5-13-21)16-6-2-1-3-7-16/h1-3,6-7,10-11,15H,4-5,8-9,12-14H2,(H,22,25)(H,23,24). The van der Waals surface area contributed by atoms with Gasteiger partial charge in [0.05, 0.1) is 9.88 Å². The highest BCUT2D eigenvalue weighted by molar-refractivity contribution is 7.18. The third-order valence-electron chi connectivity index (χ3n) is 5.56. The van der Waals surface area contributed by atoms with Gasteiger partial charge in [0.25, 0.3) is 5.91 Å². The van der Waals surface area contributed by atoms with Crippen molar-refractivity contribution in [1.82, 2.24) is 5.32 Å². The number of anilines is 1. The monoisotopic (exact) mass is 368 g/mol. The van der Waals surface area contributed by atoms with Crippen molar-refractivity contribution >= 4 is 28.2 Å². The number of hydrogen-bond donors (Lipinski definition) is 2. The smallest absolute Gasteiger partial charge is 0.261 e. The van der Waals surface area contributed by atoms with Gasteiger partial charge in [0.2, 0.25) is 5.91 Å². The zero-order valence-electron chi connectivity index (χ0n) is 14.8. The Balaban J connectivity index is 1.40. The molecule has 0 unspecified atom stereocenters. The van der Waals surface area contributed by atoms with E-state index in [1.165, 1.54) is 29.7 Å². The van der Waals surface area contributed by atoms with Crippen LogP contribution in [0.2, 0.25) is 0 Å². The predicted octanol–water partition coefficient (Wildman–Crippen LogP) is 4.34. The van der Waals surface area contributed by atoms with Crippen LogP contribution in [0, 0.1) is 5.92 Å². The van der Waals surface area contributed by atoms with E-state index in [2.05, 4.69) is 34.9 Å². The Bertz CT molecular complexity index is 789. The van der Waals surface area contributed by atoms with Crippen LogP contribution in [0.3, 0.4) is 0 Å². The molecule has 4 rings (SSSR count). The normalized spacial score (nSPS) is 18.5. The molecule has 2 aliphatic rings. The van der Waals surface area contributed by atoms with E-state index in [1.54, 1.807) is 6.07 Å². The highest BCUT2D eigenvalue weighted by Gasteiger charge is 2.36. The van der Waals surface area contributed by atoms with Gasteiger partial charge in [-0.3, -0.25) is 9.59 Å². The van der Waals surface area contributed by atoms with E-state index in [-0.39, 0.29) is 23.1 Å². The summed E-state index contributed by atoms with van der Waals surface area (Å²) in [4.78, 5) is 25.1. The number of hydrogen-bond acceptors (Lipinski definition) is 3. The fourth-order valence-electron chi connectivity index (χ4n) is 3.84. The molecule has 2 aromatic rings. The van der Waals surface area contributed by atoms with Crippen LogP contribution >= 0.6 is 11.3 Å². The van der Waals surface area contributed by atoms with Gasteiger partial charge in [-0.25, -0.2) is 0 Å². The van der Waals surface area contributed by atoms with E-state index in [0.29, 0.717) is 11.4 Å². The lowest BCUT2D eigenvalue weighted by molar-refractivity contribution is -0.117. The highest BCUT2D eigenvalue weighted by Crippen LogP contribution is 2.40. The zero-order chi connectivity index (χ0) is 18.0. The van der Waals surface area contributed by atoms with Crippen molar-refractivity contribution in [1.29, 1.82) is 0 Å². The van der Waals surface area contributed by atoms with E-state index < -0.39 is 0 Å². The zero-order valence-corrected chi connectivity index (χ0v) is 15.6. The summed E-state index contributed by atoms with van der Waals surface area (Å²) in [6.07, 6.45) is 6.61. The molecule has 0 saturated heterocycles. The summed E-state index contributed by atoms with van der Waals surface area (Å²) in [5, 5.41) is 6.81. The molecule has 4 nitrogen and oxygen atoms in total. The van der Waals surface area contributed by atoms with E-state index in [1.807, 2.05) is 12.1 Å². The molecule has 2 saturated carbocycles. The maximum atomic E-state index is 12.6. The van der Waals surface area contributed by atoms with Crippen LogP contribution in [0.25, 0.3) is 0 Å². The Morgan fingerprint density at radius 2 is 1.77 bits per heavy atom. The highest BCUT2D eigenvalue weighted by atomic mass is 32.1. The van der Waals surface area contributed by atoms with E-state index in [9.17, 15) is 9.59 Å². The lowest BCUT2D eigenvalue weighted by atomic mass is 9.79. The number of rotatable bonds is 6. The van der Waals surface area contributed by atoms with Crippen LogP contribution in [0.4, 0.5) is 5.00 Å².